The minimum absolute atomic E-state index is 0.0144. The molecular formula is C19H27N2O2+. The largest absolute Gasteiger partial charge is 0.392 e. The lowest BCUT2D eigenvalue weighted by atomic mass is 9.80. The Kier molecular flexibility index (Phi) is 5.85. The Labute approximate surface area is 138 Å². The lowest BCUT2D eigenvalue weighted by molar-refractivity contribution is -0.436. The van der Waals surface area contributed by atoms with Crippen LogP contribution in [-0.2, 0) is 4.74 Å². The summed E-state index contributed by atoms with van der Waals surface area (Å²) in [5.41, 5.74) is 6.09. The van der Waals surface area contributed by atoms with Crippen LogP contribution in [0.25, 0.3) is 0 Å². The fraction of sp³-hybridized carbons (Fsp3) is 0.474. The summed E-state index contributed by atoms with van der Waals surface area (Å²) in [5, 5.41) is 9.86. The first kappa shape index (κ1) is 17.6. The zero-order valence-electron chi connectivity index (χ0n) is 14.7. The van der Waals surface area contributed by atoms with Crippen LogP contribution in [0.5, 0.6) is 0 Å². The molecule has 2 unspecified atom stereocenters. The summed E-state index contributed by atoms with van der Waals surface area (Å²) in [6.07, 6.45) is 5.93. The van der Waals surface area contributed by atoms with Crippen molar-refractivity contribution in [1.82, 2.24) is 0 Å². The van der Waals surface area contributed by atoms with Crippen molar-refractivity contribution >= 4 is 12.6 Å². The summed E-state index contributed by atoms with van der Waals surface area (Å²) in [7, 11) is 3.43. The summed E-state index contributed by atoms with van der Waals surface area (Å²) in [5.74, 6) is 0.254. The minimum atomic E-state index is 0.0144. The van der Waals surface area contributed by atoms with Gasteiger partial charge in [-0.3, -0.25) is 0 Å². The molecule has 1 N–H and O–H groups in total. The van der Waals surface area contributed by atoms with E-state index in [4.69, 9.17) is 4.74 Å². The third-order valence-electron chi connectivity index (χ3n) is 4.42. The van der Waals surface area contributed by atoms with Gasteiger partial charge in [0.15, 0.2) is 0 Å². The van der Waals surface area contributed by atoms with Crippen molar-refractivity contribution in [2.45, 2.75) is 32.7 Å². The Bertz CT molecular complexity index is 660. The van der Waals surface area contributed by atoms with E-state index in [1.165, 1.54) is 22.3 Å². The average molecular weight is 315 g/mol. The number of methoxy groups -OCH3 is 1. The maximum Gasteiger partial charge on any atom is 0.280 e. The zero-order valence-corrected chi connectivity index (χ0v) is 14.7. The quantitative estimate of drug-likeness (QED) is 0.393. The molecule has 0 saturated carbocycles. The monoisotopic (exact) mass is 315 g/mol. The number of hydrogen-bond acceptors (Lipinski definition) is 3. The smallest absolute Gasteiger partial charge is 0.280 e. The predicted octanol–water partition coefficient (Wildman–Crippen LogP) is 2.44. The third-order valence-corrected chi connectivity index (χ3v) is 4.42. The van der Waals surface area contributed by atoms with Gasteiger partial charge in [-0.15, -0.1) is 0 Å². The Hall–Kier alpha value is -1.78. The van der Waals surface area contributed by atoms with Gasteiger partial charge in [0.2, 0.25) is 0 Å². The van der Waals surface area contributed by atoms with E-state index < -0.39 is 0 Å². The minimum Gasteiger partial charge on any atom is -0.392 e. The first-order chi connectivity index (χ1) is 11.0. The van der Waals surface area contributed by atoms with Gasteiger partial charge in [-0.05, 0) is 36.6 Å². The molecule has 0 spiro atoms. The number of benzene rings is 1. The number of aliphatic imine (C=N–C) groups is 1. The van der Waals surface area contributed by atoms with Crippen LogP contribution in [0.4, 0.5) is 0 Å². The number of hydrogen-bond donors (Lipinski definition) is 1. The van der Waals surface area contributed by atoms with Gasteiger partial charge in [0.1, 0.15) is 13.1 Å². The second kappa shape index (κ2) is 7.66. The molecule has 0 bridgehead atoms. The van der Waals surface area contributed by atoms with Crippen molar-refractivity contribution in [3.63, 3.8) is 0 Å². The highest BCUT2D eigenvalue weighted by atomic mass is 16.5. The third kappa shape index (κ3) is 3.59. The zero-order chi connectivity index (χ0) is 17.0. The van der Waals surface area contributed by atoms with Crippen LogP contribution >= 0.6 is 0 Å². The molecule has 124 valence electrons. The normalized spacial score (nSPS) is 21.5. The van der Waals surface area contributed by atoms with E-state index in [2.05, 4.69) is 48.7 Å². The Balaban J connectivity index is 2.60. The molecule has 1 aliphatic heterocycles. The van der Waals surface area contributed by atoms with E-state index in [1.54, 1.807) is 14.2 Å². The van der Waals surface area contributed by atoms with Gasteiger partial charge in [-0.2, -0.15) is 0 Å². The van der Waals surface area contributed by atoms with Crippen LogP contribution in [0.1, 0.15) is 35.1 Å². The SMILES string of the molecule is CN=C[N+]1=Cc2cc(C)cc(C)c2C(C)C1/C(=C/COC)CO. The number of nitrogens with zero attached hydrogens (tertiary/aromatic N) is 2. The van der Waals surface area contributed by atoms with Crippen LogP contribution in [0.2, 0.25) is 0 Å². The molecule has 4 heteroatoms. The molecule has 2 atom stereocenters. The molecule has 1 aliphatic rings. The Morgan fingerprint density at radius 3 is 2.74 bits per heavy atom. The van der Waals surface area contributed by atoms with E-state index in [0.29, 0.717) is 6.61 Å². The highest BCUT2D eigenvalue weighted by Gasteiger charge is 2.34. The summed E-state index contributed by atoms with van der Waals surface area (Å²) < 4.78 is 7.26. The fourth-order valence-electron chi connectivity index (χ4n) is 3.62. The van der Waals surface area contributed by atoms with E-state index >= 15 is 0 Å². The molecule has 0 aliphatic carbocycles. The van der Waals surface area contributed by atoms with Crippen molar-refractivity contribution in [1.29, 1.82) is 0 Å². The van der Waals surface area contributed by atoms with Crippen LogP contribution in [0, 0.1) is 13.8 Å². The van der Waals surface area contributed by atoms with E-state index in [9.17, 15) is 5.11 Å². The number of ether oxygens (including phenoxy) is 1. The van der Waals surface area contributed by atoms with Gasteiger partial charge in [-0.25, -0.2) is 4.58 Å². The first-order valence-corrected chi connectivity index (χ1v) is 7.98. The van der Waals surface area contributed by atoms with Crippen molar-refractivity contribution in [3.8, 4) is 0 Å². The van der Waals surface area contributed by atoms with Crippen molar-refractivity contribution in [2.24, 2.45) is 4.99 Å². The maximum atomic E-state index is 9.86. The second-order valence-electron chi connectivity index (χ2n) is 6.16. The molecule has 2 rings (SSSR count). The number of aliphatic hydroxyl groups excluding tert-OH is 1. The molecule has 4 nitrogen and oxygen atoms in total. The van der Waals surface area contributed by atoms with Crippen molar-refractivity contribution in [2.75, 3.05) is 27.4 Å². The summed E-state index contributed by atoms with van der Waals surface area (Å²) >= 11 is 0. The molecule has 23 heavy (non-hydrogen) atoms. The molecule has 0 amide bonds. The van der Waals surface area contributed by atoms with Gasteiger partial charge in [0.05, 0.1) is 19.4 Å². The van der Waals surface area contributed by atoms with Crippen LogP contribution in [-0.4, -0.2) is 55.6 Å². The second-order valence-corrected chi connectivity index (χ2v) is 6.16. The Morgan fingerprint density at radius 1 is 1.39 bits per heavy atom. The van der Waals surface area contributed by atoms with Crippen LogP contribution in [0.3, 0.4) is 0 Å². The highest BCUT2D eigenvalue weighted by Crippen LogP contribution is 2.34. The van der Waals surface area contributed by atoms with Gasteiger partial charge in [0, 0.05) is 18.6 Å². The number of fused-ring (bicyclic) bond motifs is 1. The summed E-state index contributed by atoms with van der Waals surface area (Å²) in [6, 6.07) is 4.48. The predicted molar refractivity (Wildman–Crippen MR) is 95.0 cm³/mol. The average Bonchev–Trinajstić information content (AvgIpc) is 2.49. The molecule has 0 radical (unpaired) electrons. The number of rotatable bonds is 5. The number of aliphatic hydroxyl groups is 1. The highest BCUT2D eigenvalue weighted by molar-refractivity contribution is 5.83. The van der Waals surface area contributed by atoms with Crippen LogP contribution < -0.4 is 0 Å². The molecule has 0 aromatic heterocycles. The summed E-state index contributed by atoms with van der Waals surface area (Å²) in [6.45, 7) is 7.00. The van der Waals surface area contributed by atoms with Crippen LogP contribution in [0.15, 0.2) is 28.8 Å². The first-order valence-electron chi connectivity index (χ1n) is 7.98. The molecule has 1 aromatic rings. The topological polar surface area (TPSA) is 44.8 Å². The molecule has 0 fully saturated rings. The molecular weight excluding hydrogens is 288 g/mol. The van der Waals surface area contributed by atoms with Crippen molar-refractivity contribution in [3.05, 3.63) is 46.0 Å². The molecule has 0 saturated heterocycles. The van der Waals surface area contributed by atoms with Gasteiger partial charge < -0.3 is 9.84 Å². The Morgan fingerprint density at radius 2 is 2.13 bits per heavy atom. The van der Waals surface area contributed by atoms with Gasteiger partial charge in [-0.1, -0.05) is 29.6 Å². The van der Waals surface area contributed by atoms with Gasteiger partial charge >= 0.3 is 0 Å². The van der Waals surface area contributed by atoms with Gasteiger partial charge in [0.25, 0.3) is 6.34 Å². The maximum absolute atomic E-state index is 9.86. The van der Waals surface area contributed by atoms with E-state index in [0.717, 1.165) is 5.57 Å². The molecule has 1 aromatic carbocycles. The fourth-order valence-corrected chi connectivity index (χ4v) is 3.62. The molecule has 1 heterocycles. The standard InChI is InChI=1S/C19H27N2O2/c1-13-8-14(2)18-15(3)19(16(11-22)6-7-23-5)21(12-20-4)10-17(18)9-13/h6,8-10,12,15,19,22H,7,11H2,1-5H3/q+1/b16-6+,20-12?. The van der Waals surface area contributed by atoms with Crippen molar-refractivity contribution < 1.29 is 14.4 Å². The summed E-state index contributed by atoms with van der Waals surface area (Å²) in [4.78, 5) is 4.19. The lowest BCUT2D eigenvalue weighted by Crippen LogP contribution is -2.39. The van der Waals surface area contributed by atoms with E-state index in [1.807, 2.05) is 12.4 Å². The lowest BCUT2D eigenvalue weighted by Gasteiger charge is -2.31. The van der Waals surface area contributed by atoms with E-state index in [-0.39, 0.29) is 18.6 Å². The number of aryl methyl sites for hydroxylation is 2.